The van der Waals surface area contributed by atoms with E-state index >= 15 is 0 Å². The van der Waals surface area contributed by atoms with Gasteiger partial charge in [0.2, 0.25) is 0 Å². The van der Waals surface area contributed by atoms with Gasteiger partial charge in [-0.15, -0.1) is 0 Å². The number of rotatable bonds is 12. The molecule has 4 aromatic carbocycles. The van der Waals surface area contributed by atoms with Crippen LogP contribution in [0.25, 0.3) is 11.1 Å². The van der Waals surface area contributed by atoms with E-state index in [0.717, 1.165) is 33.6 Å². The first-order valence-corrected chi connectivity index (χ1v) is 17.0. The number of hydrogen-bond acceptors (Lipinski definition) is 8. The van der Waals surface area contributed by atoms with Gasteiger partial charge in [-0.05, 0) is 97.5 Å². The summed E-state index contributed by atoms with van der Waals surface area (Å²) in [5, 5.41) is 23.8. The second kappa shape index (κ2) is 15.5. The van der Waals surface area contributed by atoms with E-state index in [0.29, 0.717) is 36.6 Å². The summed E-state index contributed by atoms with van der Waals surface area (Å²) in [5.41, 5.74) is 5.31. The maximum absolute atomic E-state index is 13.1. The zero-order valence-electron chi connectivity index (χ0n) is 26.8. The molecule has 3 atom stereocenters. The van der Waals surface area contributed by atoms with E-state index in [1.165, 1.54) is 6.07 Å². The molecule has 1 unspecified atom stereocenters. The van der Waals surface area contributed by atoms with Crippen LogP contribution >= 0.6 is 0 Å². The Labute approximate surface area is 282 Å². The minimum absolute atomic E-state index is 0. The number of carboxylic acids is 1. The molecule has 1 heterocycles. The van der Waals surface area contributed by atoms with E-state index in [-0.39, 0.29) is 24.6 Å². The number of aliphatic hydroxyl groups excluding tert-OH is 1. The highest BCUT2D eigenvalue weighted by atomic mass is 32.2. The van der Waals surface area contributed by atoms with Crippen LogP contribution in [0.5, 0.6) is 17.2 Å². The summed E-state index contributed by atoms with van der Waals surface area (Å²) in [4.78, 5) is 11.4. The largest absolute Gasteiger partial charge is 0.492 e. The lowest BCUT2D eigenvalue weighted by Gasteiger charge is -2.24. The standard InChI is InChI=1S/C36H40N2O8S.CH4/c1-5-33(36(40)41)46-28-11-9-26(10-12-28)27-17-22(2)35(23(3)18-27)44-16-15-37-24(4)34(39)31-14-13-29-20-32(31)38-47(42,43)30-8-6-7-25(19-30)21-45-29;/h6-14,17-20,24,33-34,37-39H,5,15-16,21H2,1-4H3,(H,40,41);1H4/t24-,33?,34-;/m0./s1. The van der Waals surface area contributed by atoms with Gasteiger partial charge in [-0.3, -0.25) is 4.72 Å². The Morgan fingerprint density at radius 3 is 2.38 bits per heavy atom. The number of sulfonamides is 1. The van der Waals surface area contributed by atoms with Crippen LogP contribution in [-0.4, -0.2) is 49.9 Å². The highest BCUT2D eigenvalue weighted by Gasteiger charge is 2.24. The van der Waals surface area contributed by atoms with Gasteiger partial charge < -0.3 is 29.7 Å². The van der Waals surface area contributed by atoms with E-state index in [2.05, 4.69) is 10.0 Å². The molecule has 10 nitrogen and oxygen atoms in total. The molecule has 0 saturated heterocycles. The van der Waals surface area contributed by atoms with Crippen LogP contribution in [0.3, 0.4) is 0 Å². The smallest absolute Gasteiger partial charge is 0.344 e. The Bertz CT molecular complexity index is 1820. The van der Waals surface area contributed by atoms with Crippen LogP contribution in [0, 0.1) is 13.8 Å². The summed E-state index contributed by atoms with van der Waals surface area (Å²) in [6, 6.07) is 22.6. The lowest BCUT2D eigenvalue weighted by molar-refractivity contribution is -0.145. The minimum atomic E-state index is -3.87. The molecule has 0 radical (unpaired) electrons. The quantitative estimate of drug-likeness (QED) is 0.122. The highest BCUT2D eigenvalue weighted by Crippen LogP contribution is 2.34. The third-order valence-electron chi connectivity index (χ3n) is 8.06. The van der Waals surface area contributed by atoms with Crippen molar-refractivity contribution in [3.05, 3.63) is 101 Å². The maximum atomic E-state index is 13.1. The Morgan fingerprint density at radius 1 is 1.00 bits per heavy atom. The van der Waals surface area contributed by atoms with Crippen molar-refractivity contribution in [2.24, 2.45) is 0 Å². The number of carboxylic acid groups (broad SMARTS) is 1. The third-order valence-corrected chi connectivity index (χ3v) is 9.43. The number of hydrogen-bond donors (Lipinski definition) is 4. The topological polar surface area (TPSA) is 143 Å². The molecule has 1 aliphatic rings. The van der Waals surface area contributed by atoms with E-state index in [1.54, 1.807) is 55.5 Å². The monoisotopic (exact) mass is 676 g/mol. The molecule has 5 rings (SSSR count). The van der Waals surface area contributed by atoms with E-state index in [9.17, 15) is 23.4 Å². The molecule has 256 valence electrons. The molecule has 11 heteroatoms. The molecule has 0 aliphatic carbocycles. The Kier molecular flexibility index (Phi) is 11.7. The molecule has 0 saturated carbocycles. The first-order chi connectivity index (χ1) is 22.4. The third kappa shape index (κ3) is 8.46. The van der Waals surface area contributed by atoms with Gasteiger partial charge >= 0.3 is 5.97 Å². The van der Waals surface area contributed by atoms with Crippen molar-refractivity contribution in [1.29, 1.82) is 0 Å². The van der Waals surface area contributed by atoms with Crippen molar-refractivity contribution in [3.63, 3.8) is 0 Å². The number of ether oxygens (including phenoxy) is 3. The van der Waals surface area contributed by atoms with Gasteiger partial charge in [-0.25, -0.2) is 13.2 Å². The Morgan fingerprint density at radius 2 is 1.71 bits per heavy atom. The van der Waals surface area contributed by atoms with Crippen molar-refractivity contribution in [2.75, 3.05) is 17.9 Å². The van der Waals surface area contributed by atoms with Crippen molar-refractivity contribution in [3.8, 4) is 28.4 Å². The number of fused-ring (bicyclic) bond motifs is 4. The zero-order chi connectivity index (χ0) is 33.7. The summed E-state index contributed by atoms with van der Waals surface area (Å²) in [7, 11) is -3.87. The molecule has 0 fully saturated rings. The molecule has 48 heavy (non-hydrogen) atoms. The molecule has 0 aromatic heterocycles. The predicted octanol–water partition coefficient (Wildman–Crippen LogP) is 6.63. The summed E-state index contributed by atoms with van der Waals surface area (Å²) >= 11 is 0. The molecular formula is C37H44N2O8S. The molecule has 0 amide bonds. The SMILES string of the molecule is C.CCC(Oc1ccc(-c2cc(C)c(OCCN[C@@H](C)[C@H](O)c3ccc4cc3NS(=O)(=O)c3cccc(c3)CO4)c(C)c2)cc1)C(=O)O. The van der Waals surface area contributed by atoms with Gasteiger partial charge in [0.05, 0.1) is 16.7 Å². The summed E-state index contributed by atoms with van der Waals surface area (Å²) in [6.45, 7) is 8.55. The predicted molar refractivity (Wildman–Crippen MR) is 186 cm³/mol. The number of aliphatic hydroxyl groups is 1. The van der Waals surface area contributed by atoms with Crippen LogP contribution in [0.2, 0.25) is 0 Å². The van der Waals surface area contributed by atoms with Crippen molar-refractivity contribution < 1.29 is 37.6 Å². The van der Waals surface area contributed by atoms with Crippen LogP contribution in [0.15, 0.2) is 83.8 Å². The number of aryl methyl sites for hydroxylation is 2. The van der Waals surface area contributed by atoms with Crippen LogP contribution < -0.4 is 24.2 Å². The van der Waals surface area contributed by atoms with Gasteiger partial charge in [0.25, 0.3) is 10.0 Å². The van der Waals surface area contributed by atoms with E-state index < -0.39 is 34.2 Å². The second-order valence-electron chi connectivity index (χ2n) is 11.6. The Balaban J connectivity index is 0.00000520. The molecule has 4 bridgehead atoms. The van der Waals surface area contributed by atoms with Gasteiger partial charge in [0, 0.05) is 24.2 Å². The normalized spacial score (nSPS) is 15.0. The van der Waals surface area contributed by atoms with Gasteiger partial charge in [0.15, 0.2) is 6.10 Å². The summed E-state index contributed by atoms with van der Waals surface area (Å²) < 4.78 is 46.4. The van der Waals surface area contributed by atoms with Gasteiger partial charge in [-0.2, -0.15) is 0 Å². The number of carbonyl (C=O) groups is 1. The van der Waals surface area contributed by atoms with Crippen LogP contribution in [-0.2, 0) is 21.4 Å². The Hall–Kier alpha value is -4.58. The summed E-state index contributed by atoms with van der Waals surface area (Å²) in [6.07, 6.45) is -1.53. The van der Waals surface area contributed by atoms with Crippen molar-refractivity contribution in [2.45, 2.75) is 71.3 Å². The highest BCUT2D eigenvalue weighted by molar-refractivity contribution is 7.92. The number of anilines is 1. The molecule has 0 spiro atoms. The average Bonchev–Trinajstić information content (AvgIpc) is 3.05. The van der Waals surface area contributed by atoms with Crippen LogP contribution in [0.1, 0.15) is 56.1 Å². The first kappa shape index (κ1) is 36.3. The fraction of sp³-hybridized carbons (Fsp3) is 0.324. The maximum Gasteiger partial charge on any atom is 0.344 e. The molecular weight excluding hydrogens is 632 g/mol. The fourth-order valence-electron chi connectivity index (χ4n) is 5.51. The van der Waals surface area contributed by atoms with E-state index in [4.69, 9.17) is 14.2 Å². The lowest BCUT2D eigenvalue weighted by atomic mass is 9.99. The van der Waals surface area contributed by atoms with Gasteiger partial charge in [0.1, 0.15) is 30.5 Å². The number of benzene rings is 4. The van der Waals surface area contributed by atoms with Gasteiger partial charge in [-0.1, -0.05) is 44.7 Å². The summed E-state index contributed by atoms with van der Waals surface area (Å²) in [5.74, 6) is 0.774. The average molecular weight is 677 g/mol. The molecule has 1 aliphatic heterocycles. The first-order valence-electron chi connectivity index (χ1n) is 15.5. The number of nitrogens with one attached hydrogen (secondary N) is 2. The van der Waals surface area contributed by atoms with Crippen LogP contribution in [0.4, 0.5) is 5.69 Å². The van der Waals surface area contributed by atoms with Crippen molar-refractivity contribution in [1.82, 2.24) is 5.32 Å². The molecule has 4 N–H and O–H groups in total. The van der Waals surface area contributed by atoms with E-state index in [1.807, 2.05) is 45.0 Å². The van der Waals surface area contributed by atoms with Crippen molar-refractivity contribution >= 4 is 21.7 Å². The second-order valence-corrected chi connectivity index (χ2v) is 13.3. The fourth-order valence-corrected chi connectivity index (χ4v) is 6.66. The zero-order valence-corrected chi connectivity index (χ0v) is 27.6. The lowest BCUT2D eigenvalue weighted by Crippen LogP contribution is -2.35. The molecule has 4 aromatic rings. The number of aliphatic carboxylic acids is 1. The minimum Gasteiger partial charge on any atom is -0.492 e.